The lowest BCUT2D eigenvalue weighted by atomic mass is 9.62. The van der Waals surface area contributed by atoms with Gasteiger partial charge in [0.15, 0.2) is 12.6 Å². The van der Waals surface area contributed by atoms with E-state index in [1.807, 2.05) is 0 Å². The molecule has 1 saturated carbocycles. The average molecular weight is 742 g/mol. The Labute approximate surface area is 297 Å². The molecule has 52 heavy (non-hydrogen) atoms. The van der Waals surface area contributed by atoms with Crippen molar-refractivity contribution in [1.29, 1.82) is 0 Å². The summed E-state index contributed by atoms with van der Waals surface area (Å²) in [5.41, 5.74) is -1.31. The van der Waals surface area contributed by atoms with E-state index in [-0.39, 0.29) is 45.6 Å². The topological polar surface area (TPSA) is 188 Å². The minimum absolute atomic E-state index is 0.0248. The van der Waals surface area contributed by atoms with Gasteiger partial charge in [0.25, 0.3) is 0 Å². The number of halogens is 3. The van der Waals surface area contributed by atoms with Gasteiger partial charge < -0.3 is 39.4 Å². The smallest absolute Gasteiger partial charge is 0.422 e. The Balaban J connectivity index is 1.27. The maximum absolute atomic E-state index is 14.2. The second-order valence-electron chi connectivity index (χ2n) is 13.9. The number of alkyl halides is 3. The molecule has 15 nitrogen and oxygen atoms in total. The first-order chi connectivity index (χ1) is 24.5. The van der Waals surface area contributed by atoms with Gasteiger partial charge in [-0.15, -0.1) is 0 Å². The summed E-state index contributed by atoms with van der Waals surface area (Å²) < 4.78 is 64.2. The van der Waals surface area contributed by atoms with Crippen LogP contribution in [0.25, 0.3) is 6.08 Å². The van der Waals surface area contributed by atoms with Crippen molar-refractivity contribution in [1.82, 2.24) is 15.7 Å². The summed E-state index contributed by atoms with van der Waals surface area (Å²) in [6, 6.07) is 4.56. The van der Waals surface area contributed by atoms with E-state index >= 15 is 0 Å². The highest BCUT2D eigenvalue weighted by atomic mass is 19.4. The molecular formula is C34H42F3N3O12. The van der Waals surface area contributed by atoms with Crippen LogP contribution in [0.2, 0.25) is 0 Å². The normalized spacial score (nSPS) is 27.4. The molecule has 3 aliphatic heterocycles. The molecule has 5 rings (SSSR count). The SMILES string of the molecule is CC(C)(C)OC(=O)CC[C@@H](CO)NC(=O)CCNC(=O)[C@@]12C[C@H]3OC(=O)[C@@H]1N(Cc1ccccc1C=CC(=O)OCC(F)(F)F)O[C@@H]2[C@H]1OCO[C@H]13. The van der Waals surface area contributed by atoms with Crippen molar-refractivity contribution in [2.75, 3.05) is 26.6 Å². The quantitative estimate of drug-likeness (QED) is 0.141. The number of esters is 3. The van der Waals surface area contributed by atoms with E-state index in [0.29, 0.717) is 11.1 Å². The number of nitrogens with zero attached hydrogens (tertiary/aromatic N) is 1. The summed E-state index contributed by atoms with van der Waals surface area (Å²) in [5.74, 6) is -3.51. The van der Waals surface area contributed by atoms with Crippen molar-refractivity contribution in [3.8, 4) is 0 Å². The van der Waals surface area contributed by atoms with Crippen LogP contribution < -0.4 is 10.6 Å². The molecular weight excluding hydrogens is 699 g/mol. The fraction of sp³-hybridized carbons (Fsp3) is 0.618. The zero-order valence-electron chi connectivity index (χ0n) is 28.8. The van der Waals surface area contributed by atoms with Crippen LogP contribution in [0.3, 0.4) is 0 Å². The molecule has 18 heteroatoms. The van der Waals surface area contributed by atoms with E-state index in [2.05, 4.69) is 15.4 Å². The molecule has 0 radical (unpaired) electrons. The Hall–Kier alpha value is -4.10. The zero-order chi connectivity index (χ0) is 37.8. The van der Waals surface area contributed by atoms with Gasteiger partial charge in [0.2, 0.25) is 11.8 Å². The standard InChI is InChI=1S/C34H42F3N3O12/c1-32(2,3)51-25(44)11-9-21(16-41)39-23(42)12-13-38-31(46)33-14-22-26-27(49-18-48-26)29(33)52-40(28(33)30(45)50-22)15-20-7-5-4-6-19(20)8-10-24(43)47-17-34(35,36)37/h4-8,10,21-22,26-29,41H,9,11-18H2,1-3H3,(H,38,46)(H,39,42)/t21-,22+,26-,27-,28-,29+,33-/m0/s1. The van der Waals surface area contributed by atoms with Gasteiger partial charge >= 0.3 is 24.1 Å². The summed E-state index contributed by atoms with van der Waals surface area (Å²) in [5, 5.41) is 16.4. The maximum atomic E-state index is 14.2. The third kappa shape index (κ3) is 9.09. The van der Waals surface area contributed by atoms with Crippen molar-refractivity contribution in [2.24, 2.45) is 5.41 Å². The van der Waals surface area contributed by atoms with E-state index in [1.54, 1.807) is 45.0 Å². The van der Waals surface area contributed by atoms with Crippen LogP contribution in [-0.4, -0.2) is 115 Å². The first kappa shape index (κ1) is 39.1. The molecule has 1 aromatic carbocycles. The molecule has 3 saturated heterocycles. The molecule has 3 heterocycles. The molecule has 4 fully saturated rings. The maximum Gasteiger partial charge on any atom is 0.422 e. The summed E-state index contributed by atoms with van der Waals surface area (Å²) >= 11 is 0. The molecule has 2 bridgehead atoms. The van der Waals surface area contributed by atoms with Gasteiger partial charge in [0, 0.05) is 31.9 Å². The fourth-order valence-corrected chi connectivity index (χ4v) is 6.85. The van der Waals surface area contributed by atoms with Gasteiger partial charge in [-0.1, -0.05) is 24.3 Å². The number of carbonyl (C=O) groups is 5. The van der Waals surface area contributed by atoms with Gasteiger partial charge in [-0.2, -0.15) is 18.2 Å². The van der Waals surface area contributed by atoms with Crippen LogP contribution in [0.4, 0.5) is 13.2 Å². The van der Waals surface area contributed by atoms with E-state index in [1.165, 1.54) is 11.1 Å². The van der Waals surface area contributed by atoms with Crippen molar-refractivity contribution < 1.29 is 70.8 Å². The number of hydroxylamine groups is 2. The number of amides is 2. The first-order valence-electron chi connectivity index (χ1n) is 16.8. The number of rotatable bonds is 14. The number of hydrogen-bond donors (Lipinski definition) is 3. The molecule has 1 aromatic rings. The Morgan fingerprint density at radius 2 is 1.85 bits per heavy atom. The molecule has 0 aromatic heterocycles. The summed E-state index contributed by atoms with van der Waals surface area (Å²) in [4.78, 5) is 70.8. The van der Waals surface area contributed by atoms with Crippen LogP contribution in [-0.2, 0) is 59.0 Å². The number of ether oxygens (including phenoxy) is 5. The lowest BCUT2D eigenvalue weighted by Crippen LogP contribution is -2.69. The third-order valence-electron chi connectivity index (χ3n) is 8.99. The van der Waals surface area contributed by atoms with Gasteiger partial charge in [0.05, 0.1) is 19.2 Å². The van der Waals surface area contributed by atoms with Crippen molar-refractivity contribution in [2.45, 2.75) is 101 Å². The summed E-state index contributed by atoms with van der Waals surface area (Å²) in [7, 11) is 0. The van der Waals surface area contributed by atoms with Crippen LogP contribution in [0.5, 0.6) is 0 Å². The zero-order valence-corrected chi connectivity index (χ0v) is 28.8. The molecule has 0 unspecified atom stereocenters. The van der Waals surface area contributed by atoms with E-state index in [0.717, 1.165) is 6.08 Å². The predicted octanol–water partition coefficient (Wildman–Crippen LogP) is 1.45. The molecule has 7 atom stereocenters. The number of hydrogen-bond acceptors (Lipinski definition) is 13. The lowest BCUT2D eigenvalue weighted by molar-refractivity contribution is -0.201. The largest absolute Gasteiger partial charge is 0.460 e. The molecule has 3 N–H and O–H groups in total. The van der Waals surface area contributed by atoms with Gasteiger partial charge in [-0.3, -0.25) is 24.0 Å². The Kier molecular flexibility index (Phi) is 11.9. The van der Waals surface area contributed by atoms with Crippen LogP contribution >= 0.6 is 0 Å². The predicted molar refractivity (Wildman–Crippen MR) is 170 cm³/mol. The van der Waals surface area contributed by atoms with E-state index < -0.39 is 96.6 Å². The van der Waals surface area contributed by atoms with Crippen molar-refractivity contribution in [3.63, 3.8) is 0 Å². The Bertz CT molecular complexity index is 1550. The minimum atomic E-state index is -4.69. The minimum Gasteiger partial charge on any atom is -0.460 e. The number of carbonyl (C=O) groups excluding carboxylic acids is 5. The molecule has 1 aliphatic carbocycles. The second kappa shape index (κ2) is 15.9. The number of fused-ring (bicyclic) bond motifs is 4. The Morgan fingerprint density at radius 3 is 2.56 bits per heavy atom. The number of aliphatic hydroxyl groups is 1. The number of benzene rings is 1. The fourth-order valence-electron chi connectivity index (χ4n) is 6.85. The second-order valence-corrected chi connectivity index (χ2v) is 13.9. The first-order valence-corrected chi connectivity index (χ1v) is 16.8. The van der Waals surface area contributed by atoms with Crippen LogP contribution in [0.15, 0.2) is 30.3 Å². The third-order valence-corrected chi connectivity index (χ3v) is 8.99. The molecule has 286 valence electrons. The highest BCUT2D eigenvalue weighted by Gasteiger charge is 2.74. The van der Waals surface area contributed by atoms with Crippen molar-refractivity contribution in [3.05, 3.63) is 41.5 Å². The Morgan fingerprint density at radius 1 is 1.12 bits per heavy atom. The summed E-state index contributed by atoms with van der Waals surface area (Å²) in [6.07, 6.45) is -5.94. The number of nitrogens with one attached hydrogen (secondary N) is 2. The molecule has 4 aliphatic rings. The van der Waals surface area contributed by atoms with Gasteiger partial charge in [0.1, 0.15) is 42.2 Å². The molecule has 0 spiro atoms. The van der Waals surface area contributed by atoms with Crippen LogP contribution in [0, 0.1) is 5.41 Å². The monoisotopic (exact) mass is 741 g/mol. The lowest BCUT2D eigenvalue weighted by Gasteiger charge is -2.48. The van der Waals surface area contributed by atoms with Gasteiger partial charge in [-0.05, 0) is 44.4 Å². The number of aliphatic hydroxyl groups excluding tert-OH is 1. The van der Waals surface area contributed by atoms with E-state index in [4.69, 9.17) is 23.8 Å². The van der Waals surface area contributed by atoms with Gasteiger partial charge in [-0.25, -0.2) is 4.79 Å². The van der Waals surface area contributed by atoms with E-state index in [9.17, 15) is 42.3 Å². The average Bonchev–Trinajstić information content (AvgIpc) is 3.69. The highest BCUT2D eigenvalue weighted by molar-refractivity contribution is 5.94. The molecule has 2 amide bonds. The van der Waals surface area contributed by atoms with Crippen molar-refractivity contribution >= 4 is 35.8 Å². The van der Waals surface area contributed by atoms with Crippen LogP contribution in [0.1, 0.15) is 57.6 Å². The highest BCUT2D eigenvalue weighted by Crippen LogP contribution is 2.55. The summed E-state index contributed by atoms with van der Waals surface area (Å²) in [6.45, 7) is 2.65.